The Morgan fingerprint density at radius 2 is 1.68 bits per heavy atom. The van der Waals surface area contributed by atoms with Gasteiger partial charge in [0, 0.05) is 23.7 Å². The SMILES string of the molecule is Clc1ccc(-c2nnc3nnc(N4CCOCC4)nn23)cc1. The van der Waals surface area contributed by atoms with E-state index in [1.807, 2.05) is 17.0 Å². The summed E-state index contributed by atoms with van der Waals surface area (Å²) in [6, 6.07) is 7.34. The third-order valence-electron chi connectivity index (χ3n) is 3.44. The summed E-state index contributed by atoms with van der Waals surface area (Å²) in [5.74, 6) is 1.52. The Hall–Kier alpha value is -2.32. The van der Waals surface area contributed by atoms with Gasteiger partial charge in [-0.1, -0.05) is 11.6 Å². The van der Waals surface area contributed by atoms with Crippen molar-refractivity contribution in [2.45, 2.75) is 0 Å². The Morgan fingerprint density at radius 1 is 0.955 bits per heavy atom. The second-order valence-electron chi connectivity index (χ2n) is 4.84. The Morgan fingerprint density at radius 3 is 2.45 bits per heavy atom. The molecule has 0 unspecified atom stereocenters. The van der Waals surface area contributed by atoms with Crippen molar-refractivity contribution in [2.24, 2.45) is 0 Å². The summed E-state index contributed by atoms with van der Waals surface area (Å²) in [4.78, 5) is 2.03. The number of aromatic nitrogens is 6. The van der Waals surface area contributed by atoms with Gasteiger partial charge in [-0.2, -0.15) is 4.52 Å². The van der Waals surface area contributed by atoms with Crippen LogP contribution in [-0.2, 0) is 4.74 Å². The summed E-state index contributed by atoms with van der Waals surface area (Å²) in [6.45, 7) is 2.80. The summed E-state index contributed by atoms with van der Waals surface area (Å²) in [6.07, 6.45) is 0. The second-order valence-corrected chi connectivity index (χ2v) is 5.28. The first-order chi connectivity index (χ1) is 10.8. The number of rotatable bonds is 2. The number of halogens is 1. The number of nitrogens with zero attached hydrogens (tertiary/aromatic N) is 7. The molecular weight excluding hydrogens is 306 g/mol. The molecule has 1 aliphatic heterocycles. The summed E-state index contributed by atoms with van der Waals surface area (Å²) in [7, 11) is 0. The van der Waals surface area contributed by atoms with Crippen molar-refractivity contribution in [3.63, 3.8) is 0 Å². The molecule has 0 aliphatic carbocycles. The highest BCUT2D eigenvalue weighted by Crippen LogP contribution is 2.20. The van der Waals surface area contributed by atoms with Gasteiger partial charge in [-0.25, -0.2) is 0 Å². The van der Waals surface area contributed by atoms with Gasteiger partial charge in [-0.15, -0.1) is 25.5 Å². The first-order valence-corrected chi connectivity index (χ1v) is 7.24. The highest BCUT2D eigenvalue weighted by atomic mass is 35.5. The molecule has 9 heteroatoms. The Labute approximate surface area is 130 Å². The lowest BCUT2D eigenvalue weighted by Crippen LogP contribution is -2.37. The zero-order valence-corrected chi connectivity index (χ0v) is 12.3. The van der Waals surface area contributed by atoms with Crippen LogP contribution < -0.4 is 4.90 Å². The molecule has 1 aromatic carbocycles. The van der Waals surface area contributed by atoms with Crippen LogP contribution in [0.2, 0.25) is 5.02 Å². The molecule has 2 aromatic heterocycles. The van der Waals surface area contributed by atoms with Crippen molar-refractivity contribution in [2.75, 3.05) is 31.2 Å². The van der Waals surface area contributed by atoms with Gasteiger partial charge in [0.1, 0.15) is 0 Å². The molecule has 0 atom stereocenters. The van der Waals surface area contributed by atoms with E-state index in [1.54, 1.807) is 16.6 Å². The maximum atomic E-state index is 5.92. The third-order valence-corrected chi connectivity index (χ3v) is 3.69. The molecule has 0 spiro atoms. The molecule has 112 valence electrons. The highest BCUT2D eigenvalue weighted by Gasteiger charge is 2.17. The van der Waals surface area contributed by atoms with E-state index in [1.165, 1.54) is 0 Å². The topological polar surface area (TPSA) is 81.3 Å². The van der Waals surface area contributed by atoms with E-state index in [9.17, 15) is 0 Å². The molecule has 22 heavy (non-hydrogen) atoms. The largest absolute Gasteiger partial charge is 0.378 e. The van der Waals surface area contributed by atoms with Crippen LogP contribution in [0.4, 0.5) is 5.95 Å². The molecule has 0 bridgehead atoms. The van der Waals surface area contributed by atoms with Gasteiger partial charge in [0.25, 0.3) is 11.7 Å². The lowest BCUT2D eigenvalue weighted by molar-refractivity contribution is 0.122. The van der Waals surface area contributed by atoms with Crippen molar-refractivity contribution in [3.05, 3.63) is 29.3 Å². The fourth-order valence-electron chi connectivity index (χ4n) is 2.29. The summed E-state index contributed by atoms with van der Waals surface area (Å²) < 4.78 is 6.93. The lowest BCUT2D eigenvalue weighted by Gasteiger charge is -2.25. The number of fused-ring (bicyclic) bond motifs is 1. The first kappa shape index (κ1) is 13.4. The molecule has 8 nitrogen and oxygen atoms in total. The van der Waals surface area contributed by atoms with Crippen LogP contribution in [0.25, 0.3) is 17.2 Å². The van der Waals surface area contributed by atoms with Crippen molar-refractivity contribution in [3.8, 4) is 11.4 Å². The Bertz CT molecular complexity index is 798. The van der Waals surface area contributed by atoms with Crippen molar-refractivity contribution >= 4 is 23.3 Å². The average Bonchev–Trinajstić information content (AvgIpc) is 2.99. The van der Waals surface area contributed by atoms with E-state index >= 15 is 0 Å². The summed E-state index contributed by atoms with van der Waals surface area (Å²) in [5, 5.41) is 21.5. The molecule has 0 radical (unpaired) electrons. The maximum Gasteiger partial charge on any atom is 0.291 e. The van der Waals surface area contributed by atoms with E-state index in [0.717, 1.165) is 18.7 Å². The molecule has 1 fully saturated rings. The number of benzene rings is 1. The van der Waals surface area contributed by atoms with Crippen LogP contribution in [0.5, 0.6) is 0 Å². The zero-order chi connectivity index (χ0) is 14.9. The predicted molar refractivity (Wildman–Crippen MR) is 79.9 cm³/mol. The number of hydrogen-bond donors (Lipinski definition) is 0. The van der Waals surface area contributed by atoms with E-state index < -0.39 is 0 Å². The molecule has 1 aliphatic rings. The van der Waals surface area contributed by atoms with E-state index in [0.29, 0.717) is 35.8 Å². The normalized spacial score (nSPS) is 15.4. The zero-order valence-electron chi connectivity index (χ0n) is 11.6. The highest BCUT2D eigenvalue weighted by molar-refractivity contribution is 6.30. The standard InChI is InChI=1S/C13H12ClN7O/c14-10-3-1-9(2-4-10)11-15-16-12-17-18-13(19-21(11)12)20-5-7-22-8-6-20/h1-4H,5-8H2. The van der Waals surface area contributed by atoms with Gasteiger partial charge in [-0.3, -0.25) is 0 Å². The summed E-state index contributed by atoms with van der Waals surface area (Å²) >= 11 is 5.92. The van der Waals surface area contributed by atoms with Crippen LogP contribution in [0, 0.1) is 0 Å². The number of ether oxygens (including phenoxy) is 1. The maximum absolute atomic E-state index is 5.92. The van der Waals surface area contributed by atoms with Crippen molar-refractivity contribution < 1.29 is 4.74 Å². The van der Waals surface area contributed by atoms with E-state index in [2.05, 4.69) is 25.5 Å². The van der Waals surface area contributed by atoms with Gasteiger partial charge in [0.15, 0.2) is 5.82 Å². The number of morpholine rings is 1. The van der Waals surface area contributed by atoms with Gasteiger partial charge >= 0.3 is 0 Å². The quantitative estimate of drug-likeness (QED) is 0.699. The van der Waals surface area contributed by atoms with Crippen LogP contribution in [0.15, 0.2) is 24.3 Å². The minimum atomic E-state index is 0.363. The molecule has 3 heterocycles. The molecule has 4 rings (SSSR count). The Balaban J connectivity index is 1.77. The van der Waals surface area contributed by atoms with Crippen LogP contribution in [0.3, 0.4) is 0 Å². The average molecular weight is 318 g/mol. The number of anilines is 1. The van der Waals surface area contributed by atoms with Gasteiger partial charge in [-0.05, 0) is 24.3 Å². The fraction of sp³-hybridized carbons (Fsp3) is 0.308. The van der Waals surface area contributed by atoms with Gasteiger partial charge in [0.2, 0.25) is 0 Å². The lowest BCUT2D eigenvalue weighted by atomic mass is 10.2. The van der Waals surface area contributed by atoms with E-state index in [4.69, 9.17) is 16.3 Å². The van der Waals surface area contributed by atoms with E-state index in [-0.39, 0.29) is 0 Å². The molecule has 0 amide bonds. The summed E-state index contributed by atoms with van der Waals surface area (Å²) in [5.41, 5.74) is 0.866. The van der Waals surface area contributed by atoms with Gasteiger partial charge < -0.3 is 9.64 Å². The van der Waals surface area contributed by atoms with Crippen molar-refractivity contribution in [1.29, 1.82) is 0 Å². The molecule has 0 saturated carbocycles. The minimum absolute atomic E-state index is 0.363. The minimum Gasteiger partial charge on any atom is -0.378 e. The monoisotopic (exact) mass is 317 g/mol. The van der Waals surface area contributed by atoms with Crippen LogP contribution in [-0.4, -0.2) is 56.3 Å². The second kappa shape index (κ2) is 5.47. The number of hydrogen-bond acceptors (Lipinski definition) is 7. The fourth-order valence-corrected chi connectivity index (χ4v) is 2.42. The first-order valence-electron chi connectivity index (χ1n) is 6.86. The molecule has 0 N–H and O–H groups in total. The predicted octanol–water partition coefficient (Wildman–Crippen LogP) is 1.07. The Kier molecular flexibility index (Phi) is 3.32. The smallest absolute Gasteiger partial charge is 0.291 e. The van der Waals surface area contributed by atoms with Crippen LogP contribution >= 0.6 is 11.6 Å². The molecule has 3 aromatic rings. The third kappa shape index (κ3) is 2.36. The molecule has 1 saturated heterocycles. The van der Waals surface area contributed by atoms with Gasteiger partial charge in [0.05, 0.1) is 13.2 Å². The molecular formula is C13H12ClN7O. The van der Waals surface area contributed by atoms with Crippen molar-refractivity contribution in [1.82, 2.24) is 30.0 Å². The van der Waals surface area contributed by atoms with Crippen LogP contribution in [0.1, 0.15) is 0 Å².